The van der Waals surface area contributed by atoms with Crippen molar-refractivity contribution in [1.82, 2.24) is 9.21 Å². The number of likely N-dealkylation sites (tertiary alicyclic amines) is 1. The first-order chi connectivity index (χ1) is 12.7. The lowest BCUT2D eigenvalue weighted by Crippen LogP contribution is -2.44. The highest BCUT2D eigenvalue weighted by Gasteiger charge is 2.42. The van der Waals surface area contributed by atoms with Crippen molar-refractivity contribution >= 4 is 15.9 Å². The average Bonchev–Trinajstić information content (AvgIpc) is 2.67. The number of carbonyl (C=O) groups is 1. The number of nitrogens with zero attached hydrogens (tertiary/aromatic N) is 2. The van der Waals surface area contributed by atoms with Gasteiger partial charge in [0, 0.05) is 31.7 Å². The number of alkyl halides is 3. The monoisotopic (exact) mass is 404 g/mol. The SMILES string of the molecule is O=C(c1ccc(S(=O)(=O)N2CCCCC2)cc1)N1CCC[C@H](C(F)(F)F)C1. The zero-order valence-electron chi connectivity index (χ0n) is 14.9. The first-order valence-electron chi connectivity index (χ1n) is 9.16. The maximum atomic E-state index is 12.9. The van der Waals surface area contributed by atoms with E-state index in [0.29, 0.717) is 19.5 Å². The Bertz CT molecular complexity index is 772. The highest BCUT2D eigenvalue weighted by molar-refractivity contribution is 7.89. The Balaban J connectivity index is 1.72. The second-order valence-corrected chi connectivity index (χ2v) is 9.06. The van der Waals surface area contributed by atoms with E-state index in [1.165, 1.54) is 33.5 Å². The van der Waals surface area contributed by atoms with Crippen LogP contribution in [0, 0.1) is 5.92 Å². The summed E-state index contributed by atoms with van der Waals surface area (Å²) < 4.78 is 65.5. The summed E-state index contributed by atoms with van der Waals surface area (Å²) in [6.45, 7) is 0.890. The van der Waals surface area contributed by atoms with Gasteiger partial charge >= 0.3 is 6.18 Å². The van der Waals surface area contributed by atoms with Crippen molar-refractivity contribution in [2.45, 2.75) is 43.2 Å². The molecule has 0 bridgehead atoms. The van der Waals surface area contributed by atoms with Crippen LogP contribution in [0.25, 0.3) is 0 Å². The standard InChI is InChI=1S/C18H23F3N2O3S/c19-18(20,21)15-5-4-10-22(13-15)17(24)14-6-8-16(9-7-14)27(25,26)23-11-2-1-3-12-23/h6-9,15H,1-5,10-13H2/t15-/m0/s1. The number of hydrogen-bond donors (Lipinski definition) is 0. The first kappa shape index (κ1) is 20.1. The number of halogens is 3. The number of piperidine rings is 2. The summed E-state index contributed by atoms with van der Waals surface area (Å²) in [6.07, 6.45) is -1.33. The second-order valence-electron chi connectivity index (χ2n) is 7.12. The Labute approximate surface area is 157 Å². The van der Waals surface area contributed by atoms with E-state index in [1.807, 2.05) is 0 Å². The fraction of sp³-hybridized carbons (Fsp3) is 0.611. The van der Waals surface area contributed by atoms with Gasteiger partial charge in [0.05, 0.1) is 10.8 Å². The van der Waals surface area contributed by atoms with Crippen molar-refractivity contribution in [1.29, 1.82) is 0 Å². The van der Waals surface area contributed by atoms with Crippen LogP contribution >= 0.6 is 0 Å². The van der Waals surface area contributed by atoms with Crippen molar-refractivity contribution < 1.29 is 26.4 Å². The van der Waals surface area contributed by atoms with E-state index in [-0.39, 0.29) is 30.0 Å². The molecule has 2 aliphatic rings. The van der Waals surface area contributed by atoms with E-state index in [0.717, 1.165) is 19.3 Å². The van der Waals surface area contributed by atoms with Crippen LogP contribution in [0.4, 0.5) is 13.2 Å². The molecule has 0 aliphatic carbocycles. The molecule has 3 rings (SSSR count). The fourth-order valence-electron chi connectivity index (χ4n) is 3.64. The van der Waals surface area contributed by atoms with E-state index in [2.05, 4.69) is 0 Å². The summed E-state index contributed by atoms with van der Waals surface area (Å²) in [7, 11) is -3.60. The molecule has 1 aromatic rings. The molecule has 27 heavy (non-hydrogen) atoms. The van der Waals surface area contributed by atoms with Crippen molar-refractivity contribution in [3.8, 4) is 0 Å². The van der Waals surface area contributed by atoms with Gasteiger partial charge in [0.25, 0.3) is 5.91 Å². The highest BCUT2D eigenvalue weighted by atomic mass is 32.2. The zero-order valence-corrected chi connectivity index (χ0v) is 15.7. The molecule has 1 aromatic carbocycles. The van der Waals surface area contributed by atoms with E-state index >= 15 is 0 Å². The number of hydrogen-bond acceptors (Lipinski definition) is 3. The van der Waals surface area contributed by atoms with Crippen molar-refractivity contribution in [2.24, 2.45) is 5.92 Å². The quantitative estimate of drug-likeness (QED) is 0.777. The third kappa shape index (κ3) is 4.45. The molecule has 0 unspecified atom stereocenters. The molecular weight excluding hydrogens is 381 g/mol. The molecular formula is C18H23F3N2O3S. The molecule has 9 heteroatoms. The van der Waals surface area contributed by atoms with E-state index < -0.39 is 28.0 Å². The van der Waals surface area contributed by atoms with Crippen LogP contribution in [0.3, 0.4) is 0 Å². The largest absolute Gasteiger partial charge is 0.393 e. The molecule has 0 radical (unpaired) electrons. The van der Waals surface area contributed by atoms with Gasteiger partial charge in [-0.1, -0.05) is 6.42 Å². The van der Waals surface area contributed by atoms with Crippen LogP contribution in [0.1, 0.15) is 42.5 Å². The van der Waals surface area contributed by atoms with Crippen LogP contribution in [-0.4, -0.2) is 55.9 Å². The minimum Gasteiger partial charge on any atom is -0.338 e. The van der Waals surface area contributed by atoms with Gasteiger partial charge in [-0.05, 0) is 49.9 Å². The first-order valence-corrected chi connectivity index (χ1v) is 10.6. The fourth-order valence-corrected chi connectivity index (χ4v) is 5.15. The summed E-state index contributed by atoms with van der Waals surface area (Å²) in [5.41, 5.74) is 0.204. The number of benzene rings is 1. The molecule has 0 N–H and O–H groups in total. The Morgan fingerprint density at radius 1 is 0.963 bits per heavy atom. The lowest BCUT2D eigenvalue weighted by Gasteiger charge is -2.33. The van der Waals surface area contributed by atoms with Gasteiger partial charge in [-0.25, -0.2) is 8.42 Å². The van der Waals surface area contributed by atoms with Gasteiger partial charge < -0.3 is 4.90 Å². The van der Waals surface area contributed by atoms with Gasteiger partial charge in [-0.3, -0.25) is 4.79 Å². The number of carbonyl (C=O) groups excluding carboxylic acids is 1. The number of sulfonamides is 1. The smallest absolute Gasteiger partial charge is 0.338 e. The van der Waals surface area contributed by atoms with Crippen molar-refractivity contribution in [3.05, 3.63) is 29.8 Å². The predicted octanol–water partition coefficient (Wildman–Crippen LogP) is 3.28. The minimum atomic E-state index is -4.31. The Hall–Kier alpha value is -1.61. The third-order valence-electron chi connectivity index (χ3n) is 5.23. The molecule has 1 atom stereocenters. The molecule has 150 valence electrons. The zero-order chi connectivity index (χ0) is 19.7. The second kappa shape index (κ2) is 7.79. The highest BCUT2D eigenvalue weighted by Crippen LogP contribution is 2.33. The molecule has 0 saturated carbocycles. The molecule has 2 saturated heterocycles. The van der Waals surface area contributed by atoms with Crippen molar-refractivity contribution in [2.75, 3.05) is 26.2 Å². The summed E-state index contributed by atoms with van der Waals surface area (Å²) >= 11 is 0. The summed E-state index contributed by atoms with van der Waals surface area (Å²) in [4.78, 5) is 13.8. The Morgan fingerprint density at radius 3 is 2.19 bits per heavy atom. The predicted molar refractivity (Wildman–Crippen MR) is 93.7 cm³/mol. The summed E-state index contributed by atoms with van der Waals surface area (Å²) in [5, 5.41) is 0. The molecule has 0 spiro atoms. The molecule has 2 heterocycles. The van der Waals surface area contributed by atoms with Gasteiger partial charge in [-0.15, -0.1) is 0 Å². The van der Waals surface area contributed by atoms with Gasteiger partial charge in [0.1, 0.15) is 0 Å². The van der Waals surface area contributed by atoms with Gasteiger partial charge in [0.2, 0.25) is 10.0 Å². The Kier molecular flexibility index (Phi) is 5.81. The van der Waals surface area contributed by atoms with E-state index in [1.54, 1.807) is 0 Å². The van der Waals surface area contributed by atoms with Crippen LogP contribution < -0.4 is 0 Å². The van der Waals surface area contributed by atoms with Gasteiger partial charge in [0.15, 0.2) is 0 Å². The maximum absolute atomic E-state index is 12.9. The Morgan fingerprint density at radius 2 is 1.59 bits per heavy atom. The van der Waals surface area contributed by atoms with E-state index in [9.17, 15) is 26.4 Å². The van der Waals surface area contributed by atoms with Crippen LogP contribution in [0.5, 0.6) is 0 Å². The normalized spacial score (nSPS) is 22.6. The third-order valence-corrected chi connectivity index (χ3v) is 7.14. The van der Waals surface area contributed by atoms with Crippen LogP contribution in [0.15, 0.2) is 29.2 Å². The summed E-state index contributed by atoms with van der Waals surface area (Å²) in [5.74, 6) is -2.00. The number of rotatable bonds is 3. The average molecular weight is 404 g/mol. The molecule has 2 fully saturated rings. The number of amides is 1. The maximum Gasteiger partial charge on any atom is 0.393 e. The molecule has 2 aliphatic heterocycles. The molecule has 1 amide bonds. The van der Waals surface area contributed by atoms with Gasteiger partial charge in [-0.2, -0.15) is 17.5 Å². The van der Waals surface area contributed by atoms with E-state index in [4.69, 9.17) is 0 Å². The van der Waals surface area contributed by atoms with Crippen LogP contribution in [-0.2, 0) is 10.0 Å². The lowest BCUT2D eigenvalue weighted by molar-refractivity contribution is -0.184. The minimum absolute atomic E-state index is 0.0281. The lowest BCUT2D eigenvalue weighted by atomic mass is 9.97. The van der Waals surface area contributed by atoms with Crippen molar-refractivity contribution in [3.63, 3.8) is 0 Å². The topological polar surface area (TPSA) is 57.7 Å². The molecule has 5 nitrogen and oxygen atoms in total. The molecule has 0 aromatic heterocycles. The van der Waals surface area contributed by atoms with Crippen LogP contribution in [0.2, 0.25) is 0 Å². The summed E-state index contributed by atoms with van der Waals surface area (Å²) in [6, 6.07) is 5.50.